The average Bonchev–Trinajstić information content (AvgIpc) is 2.30. The number of anilines is 1. The lowest BCUT2D eigenvalue weighted by Crippen LogP contribution is -2.43. The summed E-state index contributed by atoms with van der Waals surface area (Å²) in [5, 5.41) is 0. The molecule has 0 aromatic heterocycles. The molecule has 90 valence electrons. The smallest absolute Gasteiger partial charge is 0.244 e. The van der Waals surface area contributed by atoms with Crippen molar-refractivity contribution in [1.29, 1.82) is 0 Å². The molecule has 1 rings (SSSR count). The number of rotatable bonds is 4. The summed E-state index contributed by atoms with van der Waals surface area (Å²) < 4.78 is 0. The first kappa shape index (κ1) is 13.3. The van der Waals surface area contributed by atoms with Crippen LogP contribution in [-0.4, -0.2) is 18.5 Å². The van der Waals surface area contributed by atoms with Gasteiger partial charge in [-0.15, -0.1) is 12.3 Å². The molecule has 3 nitrogen and oxygen atoms in total. The normalized spacial score (nSPS) is 11.6. The molecule has 0 bridgehead atoms. The molecule has 0 fully saturated rings. The van der Waals surface area contributed by atoms with Crippen LogP contribution in [0.4, 0.5) is 5.69 Å². The Morgan fingerprint density at radius 2 is 2.29 bits per heavy atom. The molecule has 17 heavy (non-hydrogen) atoms. The minimum Gasteiger partial charge on any atom is -0.319 e. The first-order valence-electron chi connectivity index (χ1n) is 5.67. The van der Waals surface area contributed by atoms with Gasteiger partial charge in [-0.1, -0.05) is 12.1 Å². The van der Waals surface area contributed by atoms with Crippen molar-refractivity contribution in [3.05, 3.63) is 29.8 Å². The second-order valence-corrected chi connectivity index (χ2v) is 3.94. The Morgan fingerprint density at radius 3 is 2.82 bits per heavy atom. The highest BCUT2D eigenvalue weighted by atomic mass is 16.2. The van der Waals surface area contributed by atoms with Gasteiger partial charge in [0.1, 0.15) is 0 Å². The standard InChI is InChI=1S/C14H18N2O/c1-4-7-13(15)14(17)16(5-2)12-9-6-8-11(3)10-12/h1,6,8-10,13H,5,7,15H2,2-3H3. The van der Waals surface area contributed by atoms with Crippen LogP contribution in [-0.2, 0) is 4.79 Å². The van der Waals surface area contributed by atoms with E-state index < -0.39 is 6.04 Å². The third-order valence-corrected chi connectivity index (χ3v) is 2.55. The third kappa shape index (κ3) is 3.33. The van der Waals surface area contributed by atoms with Crippen LogP contribution >= 0.6 is 0 Å². The Labute approximate surface area is 103 Å². The number of hydrogen-bond acceptors (Lipinski definition) is 2. The molecule has 3 heteroatoms. The van der Waals surface area contributed by atoms with Crippen LogP contribution in [0.25, 0.3) is 0 Å². The number of nitrogens with zero attached hydrogens (tertiary/aromatic N) is 1. The highest BCUT2D eigenvalue weighted by molar-refractivity contribution is 5.97. The average molecular weight is 230 g/mol. The van der Waals surface area contributed by atoms with Crippen LogP contribution in [0.15, 0.2) is 24.3 Å². The summed E-state index contributed by atoms with van der Waals surface area (Å²) in [6.45, 7) is 4.49. The number of terminal acetylenes is 1. The van der Waals surface area contributed by atoms with Crippen molar-refractivity contribution < 1.29 is 4.79 Å². The minimum absolute atomic E-state index is 0.129. The number of hydrogen-bond donors (Lipinski definition) is 1. The molecule has 1 atom stereocenters. The molecule has 1 aromatic carbocycles. The van der Waals surface area contributed by atoms with Gasteiger partial charge in [0.25, 0.3) is 0 Å². The molecule has 1 unspecified atom stereocenters. The molecule has 1 amide bonds. The zero-order valence-electron chi connectivity index (χ0n) is 10.3. The molecule has 0 aliphatic heterocycles. The number of carbonyl (C=O) groups excluding carboxylic acids is 1. The quantitative estimate of drug-likeness (QED) is 0.800. The van der Waals surface area contributed by atoms with Crippen LogP contribution < -0.4 is 10.6 Å². The molecule has 2 N–H and O–H groups in total. The number of amides is 1. The lowest BCUT2D eigenvalue weighted by Gasteiger charge is -2.24. The van der Waals surface area contributed by atoms with Gasteiger partial charge < -0.3 is 10.6 Å². The van der Waals surface area contributed by atoms with E-state index in [0.717, 1.165) is 11.3 Å². The fourth-order valence-electron chi connectivity index (χ4n) is 1.68. The van der Waals surface area contributed by atoms with Crippen LogP contribution in [0, 0.1) is 19.3 Å². The second kappa shape index (κ2) is 6.07. The summed E-state index contributed by atoms with van der Waals surface area (Å²) in [7, 11) is 0. The van der Waals surface area contributed by atoms with Gasteiger partial charge in [-0.3, -0.25) is 4.79 Å². The first-order valence-corrected chi connectivity index (χ1v) is 5.67. The Morgan fingerprint density at radius 1 is 1.59 bits per heavy atom. The molecule has 0 radical (unpaired) electrons. The highest BCUT2D eigenvalue weighted by Crippen LogP contribution is 2.16. The number of likely N-dealkylation sites (N-methyl/N-ethyl adjacent to an activating group) is 1. The van der Waals surface area contributed by atoms with E-state index in [-0.39, 0.29) is 12.3 Å². The Balaban J connectivity index is 2.92. The third-order valence-electron chi connectivity index (χ3n) is 2.55. The molecule has 0 spiro atoms. The number of nitrogens with two attached hydrogens (primary N) is 1. The monoisotopic (exact) mass is 230 g/mol. The van der Waals surface area contributed by atoms with Gasteiger partial charge in [-0.05, 0) is 31.5 Å². The number of benzene rings is 1. The molecule has 0 aliphatic rings. The predicted octanol–water partition coefficient (Wildman–Crippen LogP) is 1.70. The van der Waals surface area contributed by atoms with Crippen LogP contribution in [0.2, 0.25) is 0 Å². The first-order chi connectivity index (χ1) is 8.10. The number of carbonyl (C=O) groups is 1. The lowest BCUT2D eigenvalue weighted by molar-refractivity contribution is -0.119. The van der Waals surface area contributed by atoms with Gasteiger partial charge in [0.05, 0.1) is 6.04 Å². The van der Waals surface area contributed by atoms with Crippen LogP contribution in [0.1, 0.15) is 18.9 Å². The van der Waals surface area contributed by atoms with E-state index in [4.69, 9.17) is 12.2 Å². The van der Waals surface area contributed by atoms with Crippen molar-refractivity contribution in [2.24, 2.45) is 5.73 Å². The van der Waals surface area contributed by atoms with Crippen LogP contribution in [0.5, 0.6) is 0 Å². The fraction of sp³-hybridized carbons (Fsp3) is 0.357. The SMILES string of the molecule is C#CCC(N)C(=O)N(CC)c1cccc(C)c1. The Hall–Kier alpha value is -1.79. The summed E-state index contributed by atoms with van der Waals surface area (Å²) in [5.74, 6) is 2.29. The van der Waals surface area contributed by atoms with E-state index in [1.807, 2.05) is 38.1 Å². The van der Waals surface area contributed by atoms with Crippen molar-refractivity contribution in [3.8, 4) is 12.3 Å². The van der Waals surface area contributed by atoms with Gasteiger partial charge in [-0.2, -0.15) is 0 Å². The molecular weight excluding hydrogens is 212 g/mol. The maximum absolute atomic E-state index is 12.1. The Bertz CT molecular complexity index is 434. The van der Waals surface area contributed by atoms with Gasteiger partial charge in [0.15, 0.2) is 0 Å². The van der Waals surface area contributed by atoms with Crippen molar-refractivity contribution in [2.75, 3.05) is 11.4 Å². The maximum atomic E-state index is 12.1. The second-order valence-electron chi connectivity index (χ2n) is 3.94. The van der Waals surface area contributed by atoms with Crippen molar-refractivity contribution >= 4 is 11.6 Å². The van der Waals surface area contributed by atoms with E-state index in [1.54, 1.807) is 4.90 Å². The van der Waals surface area contributed by atoms with Crippen molar-refractivity contribution in [2.45, 2.75) is 26.3 Å². The summed E-state index contributed by atoms with van der Waals surface area (Å²) in [6, 6.07) is 7.15. The van der Waals surface area contributed by atoms with Gasteiger partial charge >= 0.3 is 0 Å². The molecule has 0 saturated carbocycles. The Kier molecular flexibility index (Phi) is 4.74. The topological polar surface area (TPSA) is 46.3 Å². The molecule has 0 aliphatic carbocycles. The van der Waals surface area contributed by atoms with Crippen molar-refractivity contribution in [3.63, 3.8) is 0 Å². The summed E-state index contributed by atoms with van der Waals surface area (Å²) in [6.07, 6.45) is 5.44. The van der Waals surface area contributed by atoms with Gasteiger partial charge in [-0.25, -0.2) is 0 Å². The zero-order valence-corrected chi connectivity index (χ0v) is 10.3. The lowest BCUT2D eigenvalue weighted by atomic mass is 10.1. The van der Waals surface area contributed by atoms with Gasteiger partial charge in [0.2, 0.25) is 5.91 Å². The predicted molar refractivity (Wildman–Crippen MR) is 70.6 cm³/mol. The molecule has 0 heterocycles. The van der Waals surface area contributed by atoms with Crippen LogP contribution in [0.3, 0.4) is 0 Å². The largest absolute Gasteiger partial charge is 0.319 e. The van der Waals surface area contributed by atoms with Gasteiger partial charge in [0, 0.05) is 18.7 Å². The zero-order chi connectivity index (χ0) is 12.8. The van der Waals surface area contributed by atoms with E-state index >= 15 is 0 Å². The molecule has 0 saturated heterocycles. The molecular formula is C14H18N2O. The summed E-state index contributed by atoms with van der Waals surface area (Å²) in [4.78, 5) is 13.7. The summed E-state index contributed by atoms with van der Waals surface area (Å²) >= 11 is 0. The van der Waals surface area contributed by atoms with E-state index in [9.17, 15) is 4.79 Å². The summed E-state index contributed by atoms with van der Waals surface area (Å²) in [5.41, 5.74) is 7.72. The van der Waals surface area contributed by atoms with E-state index in [2.05, 4.69) is 5.92 Å². The molecule has 1 aromatic rings. The maximum Gasteiger partial charge on any atom is 0.244 e. The fourth-order valence-corrected chi connectivity index (χ4v) is 1.68. The highest BCUT2D eigenvalue weighted by Gasteiger charge is 2.20. The number of aryl methyl sites for hydroxylation is 1. The van der Waals surface area contributed by atoms with E-state index in [0.29, 0.717) is 6.54 Å². The van der Waals surface area contributed by atoms with Crippen molar-refractivity contribution in [1.82, 2.24) is 0 Å². The minimum atomic E-state index is -0.625. The van der Waals surface area contributed by atoms with E-state index in [1.165, 1.54) is 0 Å².